The molecule has 1 aromatic heterocycles. The second-order valence-corrected chi connectivity index (χ2v) is 7.81. The molecule has 2 atom stereocenters. The Kier molecular flexibility index (Phi) is 6.10. The number of aromatic nitrogens is 2. The number of fused-ring (bicyclic) bond motifs is 1. The van der Waals surface area contributed by atoms with Crippen LogP contribution in [0.2, 0.25) is 0 Å². The van der Waals surface area contributed by atoms with Crippen molar-refractivity contribution in [1.82, 2.24) is 19.8 Å². The largest absolute Gasteiger partial charge is 0.312 e. The molecule has 1 N–H and O–H groups in total. The van der Waals surface area contributed by atoms with Gasteiger partial charge in [0.05, 0.1) is 21.4 Å². The normalized spacial score (nSPS) is 19.8. The summed E-state index contributed by atoms with van der Waals surface area (Å²) in [5.41, 5.74) is 0.331. The Labute approximate surface area is 161 Å². The van der Waals surface area contributed by atoms with Gasteiger partial charge in [-0.2, -0.15) is 0 Å². The zero-order chi connectivity index (χ0) is 18.8. The molecule has 1 aromatic carbocycles. The van der Waals surface area contributed by atoms with Gasteiger partial charge < -0.3 is 5.32 Å². The van der Waals surface area contributed by atoms with Crippen molar-refractivity contribution in [2.24, 2.45) is 0 Å². The number of halogens is 2. The van der Waals surface area contributed by atoms with Crippen LogP contribution >= 0.6 is 15.9 Å². The van der Waals surface area contributed by atoms with E-state index in [1.165, 1.54) is 12.1 Å². The minimum absolute atomic E-state index is 0.0632. The highest BCUT2D eigenvalue weighted by molar-refractivity contribution is 9.10. The van der Waals surface area contributed by atoms with Crippen LogP contribution in [-0.4, -0.2) is 40.1 Å². The van der Waals surface area contributed by atoms with Crippen molar-refractivity contribution >= 4 is 26.8 Å². The van der Waals surface area contributed by atoms with Gasteiger partial charge in [0.2, 0.25) is 0 Å². The molecule has 1 aliphatic rings. The third-order valence-electron chi connectivity index (χ3n) is 5.04. The average molecular weight is 425 g/mol. The van der Waals surface area contributed by atoms with Gasteiger partial charge in [0.15, 0.2) is 0 Å². The van der Waals surface area contributed by atoms with Gasteiger partial charge >= 0.3 is 0 Å². The molecule has 142 valence electrons. The SMILES string of the molecule is CCC[C@H](c1nc2cc(F)c(Br)cc2c(=O)n1CC)N1CCN[C@H](C)C1. The van der Waals surface area contributed by atoms with Crippen LogP contribution in [0.15, 0.2) is 21.4 Å². The fourth-order valence-corrected chi connectivity index (χ4v) is 4.13. The van der Waals surface area contributed by atoms with E-state index >= 15 is 0 Å². The first-order valence-corrected chi connectivity index (χ1v) is 10.1. The van der Waals surface area contributed by atoms with Crippen LogP contribution in [0.1, 0.15) is 45.5 Å². The first-order chi connectivity index (χ1) is 12.5. The van der Waals surface area contributed by atoms with Crippen molar-refractivity contribution in [2.45, 2.75) is 52.2 Å². The molecule has 0 unspecified atom stereocenters. The van der Waals surface area contributed by atoms with Crippen LogP contribution in [0.3, 0.4) is 0 Å². The quantitative estimate of drug-likeness (QED) is 0.798. The molecular formula is C19H26BrFN4O. The zero-order valence-electron chi connectivity index (χ0n) is 15.6. The number of nitrogens with one attached hydrogen (secondary N) is 1. The molecule has 3 rings (SSSR count). The molecule has 0 aliphatic carbocycles. The topological polar surface area (TPSA) is 50.2 Å². The van der Waals surface area contributed by atoms with E-state index in [-0.39, 0.29) is 11.6 Å². The highest BCUT2D eigenvalue weighted by Gasteiger charge is 2.28. The number of nitrogens with zero attached hydrogens (tertiary/aromatic N) is 3. The minimum Gasteiger partial charge on any atom is -0.312 e. The number of piperazine rings is 1. The monoisotopic (exact) mass is 424 g/mol. The maximum absolute atomic E-state index is 14.0. The van der Waals surface area contributed by atoms with Crippen molar-refractivity contribution in [3.63, 3.8) is 0 Å². The maximum atomic E-state index is 14.0. The van der Waals surface area contributed by atoms with Crippen LogP contribution in [0, 0.1) is 5.82 Å². The smallest absolute Gasteiger partial charge is 0.261 e. The molecule has 0 bridgehead atoms. The molecular weight excluding hydrogens is 399 g/mol. The Bertz CT molecular complexity index is 854. The molecule has 1 fully saturated rings. The van der Waals surface area contributed by atoms with Crippen LogP contribution in [0.4, 0.5) is 4.39 Å². The zero-order valence-corrected chi connectivity index (χ0v) is 17.1. The summed E-state index contributed by atoms with van der Waals surface area (Å²) in [6.07, 6.45) is 1.92. The maximum Gasteiger partial charge on any atom is 0.261 e. The Balaban J connectivity index is 2.16. The van der Waals surface area contributed by atoms with E-state index in [2.05, 4.69) is 40.0 Å². The van der Waals surface area contributed by atoms with Crippen molar-refractivity contribution in [3.8, 4) is 0 Å². The van der Waals surface area contributed by atoms with Crippen molar-refractivity contribution in [1.29, 1.82) is 0 Å². The summed E-state index contributed by atoms with van der Waals surface area (Å²) in [5.74, 6) is 0.357. The number of benzene rings is 1. The van der Waals surface area contributed by atoms with E-state index in [1.807, 2.05) is 6.92 Å². The fraction of sp³-hybridized carbons (Fsp3) is 0.579. The van der Waals surface area contributed by atoms with Gasteiger partial charge in [-0.25, -0.2) is 9.37 Å². The predicted molar refractivity (Wildman–Crippen MR) is 106 cm³/mol. The lowest BCUT2D eigenvalue weighted by atomic mass is 10.1. The van der Waals surface area contributed by atoms with Gasteiger partial charge in [-0.15, -0.1) is 0 Å². The van der Waals surface area contributed by atoms with E-state index < -0.39 is 5.82 Å². The summed E-state index contributed by atoms with van der Waals surface area (Å²) >= 11 is 3.17. The Morgan fingerprint density at radius 3 is 2.85 bits per heavy atom. The minimum atomic E-state index is -0.396. The molecule has 2 aromatic rings. The molecule has 0 spiro atoms. The Morgan fingerprint density at radius 2 is 2.19 bits per heavy atom. The van der Waals surface area contributed by atoms with E-state index in [4.69, 9.17) is 4.98 Å². The number of rotatable bonds is 5. The van der Waals surface area contributed by atoms with Gasteiger partial charge in [0.1, 0.15) is 11.6 Å². The first-order valence-electron chi connectivity index (χ1n) is 9.33. The number of hydrogen-bond acceptors (Lipinski definition) is 4. The van der Waals surface area contributed by atoms with Gasteiger partial charge in [0, 0.05) is 38.3 Å². The van der Waals surface area contributed by atoms with Gasteiger partial charge in [-0.3, -0.25) is 14.3 Å². The van der Waals surface area contributed by atoms with Crippen LogP contribution < -0.4 is 10.9 Å². The van der Waals surface area contributed by atoms with Crippen molar-refractivity contribution in [2.75, 3.05) is 19.6 Å². The summed E-state index contributed by atoms with van der Waals surface area (Å²) in [7, 11) is 0. The second kappa shape index (κ2) is 8.15. The molecule has 0 radical (unpaired) electrons. The van der Waals surface area contributed by atoms with Crippen molar-refractivity contribution < 1.29 is 4.39 Å². The summed E-state index contributed by atoms with van der Waals surface area (Å²) in [4.78, 5) is 20.2. The number of hydrogen-bond donors (Lipinski definition) is 1. The molecule has 1 saturated heterocycles. The van der Waals surface area contributed by atoms with Gasteiger partial charge in [0.25, 0.3) is 5.56 Å². The summed E-state index contributed by atoms with van der Waals surface area (Å²) in [5, 5.41) is 3.91. The van der Waals surface area contributed by atoms with Crippen LogP contribution in [0.25, 0.3) is 10.9 Å². The third kappa shape index (κ3) is 3.70. The molecule has 0 amide bonds. The molecule has 5 nitrogen and oxygen atoms in total. The summed E-state index contributed by atoms with van der Waals surface area (Å²) in [6, 6.07) is 3.36. The lowest BCUT2D eigenvalue weighted by Crippen LogP contribution is -2.51. The lowest BCUT2D eigenvalue weighted by Gasteiger charge is -2.38. The van der Waals surface area contributed by atoms with Crippen LogP contribution in [0.5, 0.6) is 0 Å². The summed E-state index contributed by atoms with van der Waals surface area (Å²) < 4.78 is 16.1. The molecule has 1 aliphatic heterocycles. The van der Waals surface area contributed by atoms with Crippen molar-refractivity contribution in [3.05, 3.63) is 38.6 Å². The van der Waals surface area contributed by atoms with E-state index in [0.29, 0.717) is 28.0 Å². The molecule has 7 heteroatoms. The lowest BCUT2D eigenvalue weighted by molar-refractivity contribution is 0.132. The average Bonchev–Trinajstić information content (AvgIpc) is 2.61. The third-order valence-corrected chi connectivity index (χ3v) is 5.65. The second-order valence-electron chi connectivity index (χ2n) is 6.96. The Hall–Kier alpha value is -1.31. The molecule has 26 heavy (non-hydrogen) atoms. The molecule has 0 saturated carbocycles. The summed E-state index contributed by atoms with van der Waals surface area (Å²) in [6.45, 7) is 9.58. The van der Waals surface area contributed by atoms with Gasteiger partial charge in [-0.05, 0) is 42.3 Å². The fourth-order valence-electron chi connectivity index (χ4n) is 3.79. The molecule has 2 heterocycles. The standard InChI is InChI=1S/C19H26BrFN4O/c1-4-6-17(24-8-7-22-12(3)11-24)18-23-16-10-15(21)14(20)9-13(16)19(26)25(18)5-2/h9-10,12,17,22H,4-8,11H2,1-3H3/t12-,17-/m1/s1. The van der Waals surface area contributed by atoms with E-state index in [1.54, 1.807) is 4.57 Å². The predicted octanol–water partition coefficient (Wildman–Crippen LogP) is 3.45. The van der Waals surface area contributed by atoms with Gasteiger partial charge in [-0.1, -0.05) is 13.3 Å². The Morgan fingerprint density at radius 1 is 1.42 bits per heavy atom. The highest BCUT2D eigenvalue weighted by Crippen LogP contribution is 2.27. The first kappa shape index (κ1) is 19.5. The highest BCUT2D eigenvalue weighted by atomic mass is 79.9. The van der Waals surface area contributed by atoms with E-state index in [9.17, 15) is 9.18 Å². The van der Waals surface area contributed by atoms with Crippen LogP contribution in [-0.2, 0) is 6.54 Å². The van der Waals surface area contributed by atoms with E-state index in [0.717, 1.165) is 38.3 Å².